The molecule has 0 saturated carbocycles. The van der Waals surface area contributed by atoms with Crippen LogP contribution in [-0.2, 0) is 6.42 Å². The number of nitrogens with one attached hydrogen (secondary N) is 1. The predicted octanol–water partition coefficient (Wildman–Crippen LogP) is 3.69. The second-order valence-corrected chi connectivity index (χ2v) is 5.81. The smallest absolute Gasteiger partial charge is 0.203 e. The van der Waals surface area contributed by atoms with E-state index < -0.39 is 0 Å². The van der Waals surface area contributed by atoms with Crippen LogP contribution in [0.3, 0.4) is 0 Å². The summed E-state index contributed by atoms with van der Waals surface area (Å²) in [5, 5.41) is 3.27. The van der Waals surface area contributed by atoms with Gasteiger partial charge in [0.05, 0.1) is 27.9 Å². The van der Waals surface area contributed by atoms with Gasteiger partial charge in [-0.2, -0.15) is 0 Å². The number of ether oxygens (including phenoxy) is 3. The van der Waals surface area contributed by atoms with Crippen LogP contribution in [0.4, 0.5) is 0 Å². The number of hydrogen-bond donors (Lipinski definition) is 1. The van der Waals surface area contributed by atoms with Gasteiger partial charge in [0, 0.05) is 11.6 Å². The van der Waals surface area contributed by atoms with Crippen LogP contribution in [0.2, 0.25) is 0 Å². The molecule has 2 aromatic rings. The van der Waals surface area contributed by atoms with Crippen molar-refractivity contribution in [3.8, 4) is 17.2 Å². The first-order valence-electron chi connectivity index (χ1n) is 8.19. The highest BCUT2D eigenvalue weighted by atomic mass is 79.9. The van der Waals surface area contributed by atoms with Crippen molar-refractivity contribution in [1.29, 1.82) is 0 Å². The maximum absolute atomic E-state index is 12.5. The molecule has 0 aliphatic heterocycles. The standard InChI is InChI=1S/C20H25NO4.BrH/c1-14(10-15-8-6-5-7-9-15)21-13-17(22)16-11-18(23-2)20(25-4)19(12-16)24-3;/h5-9,11-12,14,21H,10,13H2,1-4H3;1H. The lowest BCUT2D eigenvalue weighted by atomic mass is 10.1. The fourth-order valence-electron chi connectivity index (χ4n) is 2.65. The Morgan fingerprint density at radius 3 is 2.08 bits per heavy atom. The maximum atomic E-state index is 12.5. The molecule has 0 aromatic heterocycles. The molecule has 0 bridgehead atoms. The lowest BCUT2D eigenvalue weighted by Gasteiger charge is -2.15. The van der Waals surface area contributed by atoms with Crippen molar-refractivity contribution in [3.63, 3.8) is 0 Å². The van der Waals surface area contributed by atoms with E-state index in [1.807, 2.05) is 18.2 Å². The summed E-state index contributed by atoms with van der Waals surface area (Å²) in [4.78, 5) is 12.5. The highest BCUT2D eigenvalue weighted by molar-refractivity contribution is 8.93. The van der Waals surface area contributed by atoms with E-state index in [0.717, 1.165) is 6.42 Å². The normalized spacial score (nSPS) is 11.2. The zero-order valence-corrected chi connectivity index (χ0v) is 17.3. The summed E-state index contributed by atoms with van der Waals surface area (Å²) in [6, 6.07) is 13.7. The van der Waals surface area contributed by atoms with Crippen molar-refractivity contribution in [3.05, 3.63) is 53.6 Å². The number of carbonyl (C=O) groups is 1. The fourth-order valence-corrected chi connectivity index (χ4v) is 2.65. The molecule has 2 aromatic carbocycles. The molecule has 0 aliphatic rings. The van der Waals surface area contributed by atoms with Gasteiger partial charge in [-0.15, -0.1) is 17.0 Å². The quantitative estimate of drug-likeness (QED) is 0.623. The number of benzene rings is 2. The first-order chi connectivity index (χ1) is 12.1. The Kier molecular flexibility index (Phi) is 9.16. The Morgan fingerprint density at radius 2 is 1.58 bits per heavy atom. The van der Waals surface area contributed by atoms with E-state index in [2.05, 4.69) is 24.4 Å². The van der Waals surface area contributed by atoms with Gasteiger partial charge >= 0.3 is 0 Å². The van der Waals surface area contributed by atoms with Gasteiger partial charge in [-0.05, 0) is 31.0 Å². The largest absolute Gasteiger partial charge is 0.493 e. The van der Waals surface area contributed by atoms with E-state index >= 15 is 0 Å². The van der Waals surface area contributed by atoms with Crippen molar-refractivity contribution < 1.29 is 19.0 Å². The van der Waals surface area contributed by atoms with Crippen molar-refractivity contribution in [2.75, 3.05) is 27.9 Å². The summed E-state index contributed by atoms with van der Waals surface area (Å²) in [5.74, 6) is 1.40. The fraction of sp³-hybridized carbons (Fsp3) is 0.350. The molecule has 1 N–H and O–H groups in total. The third kappa shape index (κ3) is 5.75. The Balaban J connectivity index is 0.00000338. The van der Waals surface area contributed by atoms with Gasteiger partial charge in [0.15, 0.2) is 17.3 Å². The first kappa shape index (κ1) is 22.0. The SMILES string of the molecule is Br.COc1cc(C(=O)CNC(C)Cc2ccccc2)cc(OC)c1OC. The summed E-state index contributed by atoms with van der Waals surface area (Å²) >= 11 is 0. The average Bonchev–Trinajstić information content (AvgIpc) is 2.65. The Morgan fingerprint density at radius 1 is 1.00 bits per heavy atom. The molecular formula is C20H26BrNO4. The minimum absolute atomic E-state index is 0. The number of carbonyl (C=O) groups excluding carboxylic acids is 1. The van der Waals surface area contributed by atoms with E-state index in [4.69, 9.17) is 14.2 Å². The predicted molar refractivity (Wildman–Crippen MR) is 108 cm³/mol. The van der Waals surface area contributed by atoms with Gasteiger partial charge < -0.3 is 19.5 Å². The number of methoxy groups -OCH3 is 3. The highest BCUT2D eigenvalue weighted by Gasteiger charge is 2.17. The Bertz CT molecular complexity index is 681. The van der Waals surface area contributed by atoms with Crippen LogP contribution in [0.15, 0.2) is 42.5 Å². The lowest BCUT2D eigenvalue weighted by Crippen LogP contribution is -2.33. The molecule has 26 heavy (non-hydrogen) atoms. The molecule has 0 saturated heterocycles. The monoisotopic (exact) mass is 423 g/mol. The van der Waals surface area contributed by atoms with Gasteiger partial charge in [-0.1, -0.05) is 30.3 Å². The van der Waals surface area contributed by atoms with Crippen molar-refractivity contribution in [1.82, 2.24) is 5.32 Å². The number of ketones is 1. The molecule has 2 rings (SSSR count). The zero-order chi connectivity index (χ0) is 18.2. The van der Waals surface area contributed by atoms with Crippen LogP contribution < -0.4 is 19.5 Å². The summed E-state index contributed by atoms with van der Waals surface area (Å²) < 4.78 is 15.9. The van der Waals surface area contributed by atoms with Gasteiger partial charge in [-0.3, -0.25) is 4.79 Å². The molecule has 0 amide bonds. The van der Waals surface area contributed by atoms with Crippen LogP contribution in [0.5, 0.6) is 17.2 Å². The van der Waals surface area contributed by atoms with Crippen LogP contribution >= 0.6 is 17.0 Å². The Labute approximate surface area is 165 Å². The lowest BCUT2D eigenvalue weighted by molar-refractivity contribution is 0.0987. The molecule has 1 atom stereocenters. The van der Waals surface area contributed by atoms with Crippen LogP contribution in [0.1, 0.15) is 22.8 Å². The van der Waals surface area contributed by atoms with E-state index in [1.165, 1.54) is 26.9 Å². The number of Topliss-reactive ketones (excluding diaryl/α,β-unsaturated/α-hetero) is 1. The number of hydrogen-bond acceptors (Lipinski definition) is 5. The van der Waals surface area contributed by atoms with Crippen molar-refractivity contribution in [2.24, 2.45) is 0 Å². The van der Waals surface area contributed by atoms with Gasteiger partial charge in [-0.25, -0.2) is 0 Å². The third-order valence-corrected chi connectivity index (χ3v) is 3.98. The molecular weight excluding hydrogens is 398 g/mol. The minimum Gasteiger partial charge on any atom is -0.493 e. The molecule has 0 spiro atoms. The first-order valence-corrected chi connectivity index (χ1v) is 8.19. The topological polar surface area (TPSA) is 56.8 Å². The Hall–Kier alpha value is -2.05. The minimum atomic E-state index is -0.0286. The van der Waals surface area contributed by atoms with Crippen LogP contribution in [-0.4, -0.2) is 39.7 Å². The number of rotatable bonds is 9. The van der Waals surface area contributed by atoms with Gasteiger partial charge in [0.1, 0.15) is 0 Å². The second-order valence-electron chi connectivity index (χ2n) is 5.81. The van der Waals surface area contributed by atoms with Crippen molar-refractivity contribution in [2.45, 2.75) is 19.4 Å². The molecule has 0 aliphatic carbocycles. The molecule has 0 heterocycles. The van der Waals surface area contributed by atoms with E-state index in [1.54, 1.807) is 12.1 Å². The van der Waals surface area contributed by atoms with Crippen LogP contribution in [0, 0.1) is 0 Å². The van der Waals surface area contributed by atoms with E-state index in [9.17, 15) is 4.79 Å². The summed E-state index contributed by atoms with van der Waals surface area (Å²) in [7, 11) is 4.60. The number of halogens is 1. The second kappa shape index (κ2) is 10.8. The highest BCUT2D eigenvalue weighted by Crippen LogP contribution is 2.38. The van der Waals surface area contributed by atoms with Crippen molar-refractivity contribution >= 4 is 22.8 Å². The molecule has 6 heteroatoms. The molecule has 1 unspecified atom stereocenters. The summed E-state index contributed by atoms with van der Waals surface area (Å²) in [6.07, 6.45) is 0.864. The average molecular weight is 424 g/mol. The van der Waals surface area contributed by atoms with E-state index in [0.29, 0.717) is 22.8 Å². The maximum Gasteiger partial charge on any atom is 0.203 e. The molecule has 142 valence electrons. The molecule has 5 nitrogen and oxygen atoms in total. The van der Waals surface area contributed by atoms with Gasteiger partial charge in [0.25, 0.3) is 0 Å². The van der Waals surface area contributed by atoms with Crippen LogP contribution in [0.25, 0.3) is 0 Å². The molecule has 0 radical (unpaired) electrons. The third-order valence-electron chi connectivity index (χ3n) is 3.98. The van der Waals surface area contributed by atoms with E-state index in [-0.39, 0.29) is 35.4 Å². The van der Waals surface area contributed by atoms with Gasteiger partial charge in [0.2, 0.25) is 5.75 Å². The summed E-state index contributed by atoms with van der Waals surface area (Å²) in [5.41, 5.74) is 1.76. The zero-order valence-electron chi connectivity index (χ0n) is 15.6. The summed E-state index contributed by atoms with van der Waals surface area (Å²) in [6.45, 7) is 2.31. The molecule has 0 fully saturated rings.